The van der Waals surface area contributed by atoms with Gasteiger partial charge in [0, 0.05) is 18.8 Å². The summed E-state index contributed by atoms with van der Waals surface area (Å²) in [5, 5.41) is 18.4. The molecule has 25 heavy (non-hydrogen) atoms. The molecule has 9 heteroatoms. The van der Waals surface area contributed by atoms with Crippen molar-refractivity contribution in [2.75, 3.05) is 14.2 Å². The smallest absolute Gasteiger partial charge is 0.235 e. The third-order valence-electron chi connectivity index (χ3n) is 3.88. The number of hydrogen-bond donors (Lipinski definition) is 0. The van der Waals surface area contributed by atoms with E-state index in [9.17, 15) is 0 Å². The van der Waals surface area contributed by atoms with E-state index in [4.69, 9.17) is 9.47 Å². The molecule has 0 amide bonds. The first-order chi connectivity index (χ1) is 12.1. The fourth-order valence-electron chi connectivity index (χ4n) is 2.69. The lowest BCUT2D eigenvalue weighted by atomic mass is 10.2. The molecule has 128 valence electrons. The molecule has 3 heterocycles. The first kappa shape index (κ1) is 15.6. The molecule has 1 aromatic carbocycles. The molecule has 4 rings (SSSR count). The number of hydrogen-bond acceptors (Lipinski definition) is 7. The van der Waals surface area contributed by atoms with Gasteiger partial charge in [0.05, 0.1) is 25.5 Å². The van der Waals surface area contributed by atoms with Gasteiger partial charge in [-0.15, -0.1) is 10.2 Å². The minimum absolute atomic E-state index is 0.635. The predicted octanol–water partition coefficient (Wildman–Crippen LogP) is 2.58. The van der Waals surface area contributed by atoms with Crippen LogP contribution in [0.3, 0.4) is 0 Å². The molecular weight excluding hydrogens is 340 g/mol. The van der Waals surface area contributed by atoms with Crippen LogP contribution >= 0.6 is 11.3 Å². The van der Waals surface area contributed by atoms with E-state index in [1.165, 1.54) is 11.3 Å². The zero-order valence-corrected chi connectivity index (χ0v) is 15.0. The van der Waals surface area contributed by atoms with Crippen LogP contribution in [0.4, 0.5) is 0 Å². The molecule has 0 unspecified atom stereocenters. The Morgan fingerprint density at radius 3 is 2.52 bits per heavy atom. The van der Waals surface area contributed by atoms with Crippen LogP contribution in [0.1, 0.15) is 5.69 Å². The topological polar surface area (TPSA) is 79.4 Å². The number of methoxy groups -OCH3 is 2. The van der Waals surface area contributed by atoms with Crippen molar-refractivity contribution < 1.29 is 9.47 Å². The quantitative estimate of drug-likeness (QED) is 0.559. The normalized spacial score (nSPS) is 11.2. The van der Waals surface area contributed by atoms with E-state index in [0.29, 0.717) is 17.3 Å². The lowest BCUT2D eigenvalue weighted by molar-refractivity contribution is 0.355. The van der Waals surface area contributed by atoms with Gasteiger partial charge in [-0.1, -0.05) is 11.3 Å². The van der Waals surface area contributed by atoms with Gasteiger partial charge in [-0.3, -0.25) is 4.68 Å². The number of rotatable bonds is 4. The monoisotopic (exact) mass is 356 g/mol. The summed E-state index contributed by atoms with van der Waals surface area (Å²) >= 11 is 1.48. The van der Waals surface area contributed by atoms with Crippen molar-refractivity contribution in [1.29, 1.82) is 0 Å². The molecule has 4 aromatic rings. The van der Waals surface area contributed by atoms with Crippen molar-refractivity contribution in [2.45, 2.75) is 6.92 Å². The fourth-order valence-corrected chi connectivity index (χ4v) is 3.59. The maximum absolute atomic E-state index is 5.37. The van der Waals surface area contributed by atoms with Crippen molar-refractivity contribution in [3.05, 3.63) is 30.1 Å². The van der Waals surface area contributed by atoms with Gasteiger partial charge in [0.25, 0.3) is 0 Å². The molecule has 3 aromatic heterocycles. The lowest BCUT2D eigenvalue weighted by Crippen LogP contribution is -1.94. The zero-order valence-electron chi connectivity index (χ0n) is 14.2. The highest BCUT2D eigenvalue weighted by Gasteiger charge is 2.18. The summed E-state index contributed by atoms with van der Waals surface area (Å²) in [5.41, 5.74) is 2.78. The van der Waals surface area contributed by atoms with E-state index in [2.05, 4.69) is 20.4 Å². The van der Waals surface area contributed by atoms with E-state index < -0.39 is 0 Å². The third kappa shape index (κ3) is 2.52. The SMILES string of the molecule is COc1ccc(-c2nnc3sc(-c4cn(C)nc4C)nn23)cc1OC. The van der Waals surface area contributed by atoms with Crippen molar-refractivity contribution in [1.82, 2.24) is 29.6 Å². The van der Waals surface area contributed by atoms with E-state index >= 15 is 0 Å². The van der Waals surface area contributed by atoms with Crippen LogP contribution in [0.15, 0.2) is 24.4 Å². The average molecular weight is 356 g/mol. The Labute approximate surface area is 147 Å². The second-order valence-corrected chi connectivity index (χ2v) is 6.45. The highest BCUT2D eigenvalue weighted by molar-refractivity contribution is 7.19. The van der Waals surface area contributed by atoms with Gasteiger partial charge in [0.2, 0.25) is 4.96 Å². The van der Waals surface area contributed by atoms with Gasteiger partial charge in [-0.25, -0.2) is 0 Å². The minimum Gasteiger partial charge on any atom is -0.493 e. The third-order valence-corrected chi connectivity index (χ3v) is 4.81. The van der Waals surface area contributed by atoms with Crippen LogP contribution in [0, 0.1) is 6.92 Å². The molecular formula is C16H16N6O2S. The number of ether oxygens (including phenoxy) is 2. The summed E-state index contributed by atoms with van der Waals surface area (Å²) in [4.78, 5) is 0.725. The minimum atomic E-state index is 0.635. The van der Waals surface area contributed by atoms with Crippen LogP contribution in [-0.4, -0.2) is 43.8 Å². The molecule has 0 fully saturated rings. The second kappa shape index (κ2) is 5.85. The summed E-state index contributed by atoms with van der Waals surface area (Å²) in [6, 6.07) is 5.61. The molecule has 0 spiro atoms. The molecule has 0 bridgehead atoms. The predicted molar refractivity (Wildman–Crippen MR) is 94.1 cm³/mol. The fraction of sp³-hybridized carbons (Fsp3) is 0.250. The molecule has 8 nitrogen and oxygen atoms in total. The van der Waals surface area contributed by atoms with Crippen molar-refractivity contribution in [2.24, 2.45) is 7.05 Å². The summed E-state index contributed by atoms with van der Waals surface area (Å²) in [6.45, 7) is 1.97. The maximum atomic E-state index is 5.37. The van der Waals surface area contributed by atoms with Gasteiger partial charge in [-0.2, -0.15) is 14.7 Å². The van der Waals surface area contributed by atoms with Crippen molar-refractivity contribution in [3.63, 3.8) is 0 Å². The molecule has 0 radical (unpaired) electrons. The lowest BCUT2D eigenvalue weighted by Gasteiger charge is -2.08. The number of nitrogens with zero attached hydrogens (tertiary/aromatic N) is 6. The van der Waals surface area contributed by atoms with Gasteiger partial charge in [0.15, 0.2) is 22.3 Å². The van der Waals surface area contributed by atoms with Gasteiger partial charge < -0.3 is 9.47 Å². The summed E-state index contributed by atoms with van der Waals surface area (Å²) < 4.78 is 14.2. The first-order valence-electron chi connectivity index (χ1n) is 7.56. The summed E-state index contributed by atoms with van der Waals surface area (Å²) in [7, 11) is 5.11. The molecule has 0 atom stereocenters. The van der Waals surface area contributed by atoms with Crippen LogP contribution in [-0.2, 0) is 7.05 Å². The van der Waals surface area contributed by atoms with Gasteiger partial charge in [0.1, 0.15) is 0 Å². The number of aryl methyl sites for hydroxylation is 2. The maximum Gasteiger partial charge on any atom is 0.235 e. The van der Waals surface area contributed by atoms with E-state index in [0.717, 1.165) is 26.8 Å². The molecule has 0 aliphatic carbocycles. The molecule has 0 saturated carbocycles. The van der Waals surface area contributed by atoms with Crippen LogP contribution < -0.4 is 9.47 Å². The van der Waals surface area contributed by atoms with E-state index in [1.807, 2.05) is 38.4 Å². The van der Waals surface area contributed by atoms with Crippen molar-refractivity contribution in [3.8, 4) is 33.5 Å². The van der Waals surface area contributed by atoms with Crippen LogP contribution in [0.25, 0.3) is 26.9 Å². The molecule has 0 aliphatic rings. The highest BCUT2D eigenvalue weighted by Crippen LogP contribution is 2.33. The molecule has 0 aliphatic heterocycles. The highest BCUT2D eigenvalue weighted by atomic mass is 32.1. The first-order valence-corrected chi connectivity index (χ1v) is 8.37. The summed E-state index contributed by atoms with van der Waals surface area (Å²) in [6.07, 6.45) is 1.96. The number of benzene rings is 1. The zero-order chi connectivity index (χ0) is 17.6. The second-order valence-electron chi connectivity index (χ2n) is 5.50. The Kier molecular flexibility index (Phi) is 3.65. The Morgan fingerprint density at radius 1 is 1.04 bits per heavy atom. The van der Waals surface area contributed by atoms with Crippen LogP contribution in [0.2, 0.25) is 0 Å². The Morgan fingerprint density at radius 2 is 1.84 bits per heavy atom. The Balaban J connectivity index is 1.82. The van der Waals surface area contributed by atoms with Gasteiger partial charge in [-0.05, 0) is 25.1 Å². The summed E-state index contributed by atoms with van der Waals surface area (Å²) in [5.74, 6) is 1.95. The van der Waals surface area contributed by atoms with E-state index in [1.54, 1.807) is 23.4 Å². The molecule has 0 saturated heterocycles. The Bertz CT molecular complexity index is 1060. The van der Waals surface area contributed by atoms with Crippen LogP contribution in [0.5, 0.6) is 11.5 Å². The molecule has 0 N–H and O–H groups in total. The average Bonchev–Trinajstić information content (AvgIpc) is 3.27. The van der Waals surface area contributed by atoms with E-state index in [-0.39, 0.29) is 0 Å². The van der Waals surface area contributed by atoms with Gasteiger partial charge >= 0.3 is 0 Å². The standard InChI is InChI=1S/C16H16N6O2S/c1-9-11(8-21(2)19-9)15-20-22-14(17-18-16(22)25-15)10-5-6-12(23-3)13(7-10)24-4/h5-8H,1-4H3. The number of aromatic nitrogens is 6. The number of fused-ring (bicyclic) bond motifs is 1. The largest absolute Gasteiger partial charge is 0.493 e. The van der Waals surface area contributed by atoms with Crippen molar-refractivity contribution >= 4 is 16.3 Å². The Hall–Kier alpha value is -2.94.